The van der Waals surface area contributed by atoms with Gasteiger partial charge in [0.15, 0.2) is 5.92 Å². The summed E-state index contributed by atoms with van der Waals surface area (Å²) in [5, 5.41) is 9.32. The molecule has 1 unspecified atom stereocenters. The average molecular weight is 229 g/mol. The first-order chi connectivity index (χ1) is 7.06. The quantitative estimate of drug-likeness (QED) is 0.304. The minimum Gasteiger partial charge on any atom is -0.480 e. The van der Waals surface area contributed by atoms with E-state index in [0.29, 0.717) is 10.6 Å². The second-order valence-electron chi connectivity index (χ2n) is 2.83. The molecule has 1 atom stereocenters. The van der Waals surface area contributed by atoms with Gasteiger partial charge in [-0.25, -0.2) is 5.84 Å². The lowest BCUT2D eigenvalue weighted by Gasteiger charge is -2.10. The smallest absolute Gasteiger partial charge is 0.320 e. The van der Waals surface area contributed by atoms with Gasteiger partial charge in [-0.1, -0.05) is 23.7 Å². The number of hydrogen-bond acceptors (Lipinski definition) is 3. The molecular formula is C9H9ClN2O3. The van der Waals surface area contributed by atoms with Crippen molar-refractivity contribution in [3.05, 3.63) is 34.9 Å². The third-order valence-corrected chi connectivity index (χ3v) is 2.11. The standard InChI is InChI=1S/C9H9ClN2O3/c10-6-3-1-5(2-4-6)7(9(14)15)8(13)12-11/h1-4,7H,11H2,(H,12,13)(H,14,15). The van der Waals surface area contributed by atoms with Crippen LogP contribution in [0.5, 0.6) is 0 Å². The lowest BCUT2D eigenvalue weighted by atomic mass is 9.99. The number of nitrogens with two attached hydrogens (primary N) is 1. The molecule has 1 amide bonds. The number of nitrogens with one attached hydrogen (secondary N) is 1. The molecule has 4 N–H and O–H groups in total. The van der Waals surface area contributed by atoms with E-state index in [4.69, 9.17) is 22.6 Å². The summed E-state index contributed by atoms with van der Waals surface area (Å²) in [4.78, 5) is 22.0. The van der Waals surface area contributed by atoms with E-state index >= 15 is 0 Å². The predicted molar refractivity (Wildman–Crippen MR) is 54.2 cm³/mol. The maximum Gasteiger partial charge on any atom is 0.320 e. The normalized spacial score (nSPS) is 11.9. The summed E-state index contributed by atoms with van der Waals surface area (Å²) in [6.45, 7) is 0. The Bertz CT molecular complexity index is 377. The fourth-order valence-electron chi connectivity index (χ4n) is 1.14. The zero-order chi connectivity index (χ0) is 11.4. The highest BCUT2D eigenvalue weighted by molar-refractivity contribution is 6.30. The molecule has 0 spiro atoms. The summed E-state index contributed by atoms with van der Waals surface area (Å²) in [6, 6.07) is 5.96. The molecule has 15 heavy (non-hydrogen) atoms. The number of hydrogen-bond donors (Lipinski definition) is 3. The van der Waals surface area contributed by atoms with Gasteiger partial charge in [0.05, 0.1) is 0 Å². The number of amides is 1. The third-order valence-electron chi connectivity index (χ3n) is 1.85. The molecule has 0 aliphatic rings. The van der Waals surface area contributed by atoms with E-state index in [2.05, 4.69) is 0 Å². The summed E-state index contributed by atoms with van der Waals surface area (Å²) in [5.74, 6) is 1.54. The number of carbonyl (C=O) groups is 2. The van der Waals surface area contributed by atoms with Crippen molar-refractivity contribution in [2.75, 3.05) is 0 Å². The molecule has 80 valence electrons. The fourth-order valence-corrected chi connectivity index (χ4v) is 1.27. The highest BCUT2D eigenvalue weighted by Gasteiger charge is 2.27. The largest absolute Gasteiger partial charge is 0.480 e. The van der Waals surface area contributed by atoms with Crippen molar-refractivity contribution in [2.45, 2.75) is 5.92 Å². The Hall–Kier alpha value is -1.59. The number of rotatable bonds is 3. The highest BCUT2D eigenvalue weighted by atomic mass is 35.5. The van der Waals surface area contributed by atoms with Crippen molar-refractivity contribution in [1.82, 2.24) is 5.43 Å². The Morgan fingerprint density at radius 2 is 1.87 bits per heavy atom. The van der Waals surface area contributed by atoms with E-state index in [1.54, 1.807) is 5.43 Å². The van der Waals surface area contributed by atoms with Gasteiger partial charge in [0.25, 0.3) is 5.91 Å². The number of aliphatic carboxylic acids is 1. The van der Waals surface area contributed by atoms with Crippen LogP contribution >= 0.6 is 11.6 Å². The second kappa shape index (κ2) is 4.77. The lowest BCUT2D eigenvalue weighted by Crippen LogP contribution is -2.38. The van der Waals surface area contributed by atoms with Crippen molar-refractivity contribution in [1.29, 1.82) is 0 Å². The Balaban J connectivity index is 3.04. The van der Waals surface area contributed by atoms with Gasteiger partial charge in [-0.15, -0.1) is 0 Å². The molecule has 0 aromatic heterocycles. The Morgan fingerprint density at radius 1 is 1.33 bits per heavy atom. The topological polar surface area (TPSA) is 92.4 Å². The van der Waals surface area contributed by atoms with Crippen LogP contribution in [0, 0.1) is 0 Å². The van der Waals surface area contributed by atoms with E-state index in [-0.39, 0.29) is 0 Å². The third kappa shape index (κ3) is 2.68. The predicted octanol–water partition coefficient (Wildman–Crippen LogP) is 0.498. The summed E-state index contributed by atoms with van der Waals surface area (Å²) in [7, 11) is 0. The monoisotopic (exact) mass is 228 g/mol. The fraction of sp³-hybridized carbons (Fsp3) is 0.111. The lowest BCUT2D eigenvalue weighted by molar-refractivity contribution is -0.143. The molecule has 5 nitrogen and oxygen atoms in total. The molecule has 0 radical (unpaired) electrons. The van der Waals surface area contributed by atoms with E-state index in [0.717, 1.165) is 0 Å². The molecule has 0 fully saturated rings. The summed E-state index contributed by atoms with van der Waals surface area (Å²) in [6.07, 6.45) is 0. The van der Waals surface area contributed by atoms with Crippen LogP contribution in [0.3, 0.4) is 0 Å². The molecule has 0 saturated carbocycles. The minimum absolute atomic E-state index is 0.329. The molecule has 0 aliphatic carbocycles. The van der Waals surface area contributed by atoms with Crippen LogP contribution in [0.4, 0.5) is 0 Å². The van der Waals surface area contributed by atoms with Crippen molar-refractivity contribution in [3.63, 3.8) is 0 Å². The summed E-state index contributed by atoms with van der Waals surface area (Å²) < 4.78 is 0. The van der Waals surface area contributed by atoms with Gasteiger partial charge in [0, 0.05) is 5.02 Å². The first kappa shape index (κ1) is 11.5. The van der Waals surface area contributed by atoms with Gasteiger partial charge in [0.1, 0.15) is 0 Å². The van der Waals surface area contributed by atoms with Crippen LogP contribution in [0.25, 0.3) is 0 Å². The SMILES string of the molecule is NNC(=O)C(C(=O)O)c1ccc(Cl)cc1. The molecule has 6 heteroatoms. The van der Waals surface area contributed by atoms with E-state index in [9.17, 15) is 9.59 Å². The number of carboxylic acids is 1. The van der Waals surface area contributed by atoms with Crippen molar-refractivity contribution in [3.8, 4) is 0 Å². The van der Waals surface area contributed by atoms with Crippen LogP contribution in [-0.2, 0) is 9.59 Å². The van der Waals surface area contributed by atoms with Crippen molar-refractivity contribution >= 4 is 23.5 Å². The van der Waals surface area contributed by atoms with E-state index < -0.39 is 17.8 Å². The molecule has 1 aromatic rings. The van der Waals surface area contributed by atoms with Gasteiger partial charge in [-0.05, 0) is 17.7 Å². The van der Waals surface area contributed by atoms with Gasteiger partial charge in [-0.2, -0.15) is 0 Å². The van der Waals surface area contributed by atoms with E-state index in [1.165, 1.54) is 24.3 Å². The van der Waals surface area contributed by atoms with Gasteiger partial charge >= 0.3 is 5.97 Å². The highest BCUT2D eigenvalue weighted by Crippen LogP contribution is 2.18. The van der Waals surface area contributed by atoms with Crippen LogP contribution in [-0.4, -0.2) is 17.0 Å². The Morgan fingerprint density at radius 3 is 2.27 bits per heavy atom. The minimum atomic E-state index is -1.31. The zero-order valence-corrected chi connectivity index (χ0v) is 8.36. The number of hydrazine groups is 1. The molecule has 1 rings (SSSR count). The summed E-state index contributed by atoms with van der Waals surface area (Å²) >= 11 is 5.64. The molecule has 0 saturated heterocycles. The van der Waals surface area contributed by atoms with Crippen LogP contribution in [0.15, 0.2) is 24.3 Å². The summed E-state index contributed by atoms with van der Waals surface area (Å²) in [5.41, 5.74) is 2.14. The van der Waals surface area contributed by atoms with Crippen LogP contribution < -0.4 is 11.3 Å². The maximum absolute atomic E-state index is 11.2. The molecule has 0 heterocycles. The number of halogens is 1. The second-order valence-corrected chi connectivity index (χ2v) is 3.27. The molecule has 1 aromatic carbocycles. The zero-order valence-electron chi connectivity index (χ0n) is 7.61. The number of benzene rings is 1. The first-order valence-electron chi connectivity index (χ1n) is 4.05. The van der Waals surface area contributed by atoms with Gasteiger partial charge in [-0.3, -0.25) is 15.0 Å². The Kier molecular flexibility index (Phi) is 3.65. The molecule has 0 aliphatic heterocycles. The van der Waals surface area contributed by atoms with E-state index in [1.807, 2.05) is 0 Å². The first-order valence-corrected chi connectivity index (χ1v) is 4.42. The van der Waals surface area contributed by atoms with Crippen LogP contribution in [0.2, 0.25) is 5.02 Å². The number of carboxylic acid groups (broad SMARTS) is 1. The van der Waals surface area contributed by atoms with Gasteiger partial charge < -0.3 is 5.11 Å². The average Bonchev–Trinajstić information content (AvgIpc) is 2.20. The number of carbonyl (C=O) groups excluding carboxylic acids is 1. The van der Waals surface area contributed by atoms with Crippen molar-refractivity contribution in [2.24, 2.45) is 5.84 Å². The Labute approximate surface area is 90.8 Å². The van der Waals surface area contributed by atoms with Gasteiger partial charge in [0.2, 0.25) is 0 Å². The molecular weight excluding hydrogens is 220 g/mol. The van der Waals surface area contributed by atoms with Crippen molar-refractivity contribution < 1.29 is 14.7 Å². The van der Waals surface area contributed by atoms with Crippen LogP contribution in [0.1, 0.15) is 11.5 Å². The maximum atomic E-state index is 11.2. The molecule has 0 bridgehead atoms.